The molecule has 0 heterocycles. The molecule has 1 amide bonds. The summed E-state index contributed by atoms with van der Waals surface area (Å²) in [6.45, 7) is 0.785. The highest BCUT2D eigenvalue weighted by molar-refractivity contribution is 5.86. The first kappa shape index (κ1) is 14.8. The van der Waals surface area contributed by atoms with Crippen LogP contribution in [-0.2, 0) is 4.79 Å². The molecule has 0 aromatic heterocycles. The molecule has 92 valence electrons. The van der Waals surface area contributed by atoms with Crippen LogP contribution in [0.3, 0.4) is 0 Å². The van der Waals surface area contributed by atoms with Gasteiger partial charge in [0.15, 0.2) is 5.54 Å². The van der Waals surface area contributed by atoms with Crippen LogP contribution in [0.25, 0.3) is 0 Å². The number of halogens is 3. The lowest BCUT2D eigenvalue weighted by atomic mass is 10.0. The fraction of sp³-hybridized carbons (Fsp3) is 0.700. The molecule has 0 radical (unpaired) electrons. The van der Waals surface area contributed by atoms with Gasteiger partial charge < -0.3 is 11.1 Å². The fourth-order valence-corrected chi connectivity index (χ4v) is 0.866. The molecule has 0 spiro atoms. The van der Waals surface area contributed by atoms with E-state index in [1.807, 2.05) is 0 Å². The predicted octanol–water partition coefficient (Wildman–Crippen LogP) is 1.19. The van der Waals surface area contributed by atoms with Crippen LogP contribution in [0.15, 0.2) is 0 Å². The summed E-state index contributed by atoms with van der Waals surface area (Å²) in [6.07, 6.45) is 1.96. The van der Waals surface area contributed by atoms with Gasteiger partial charge in [0.25, 0.3) is 0 Å². The van der Waals surface area contributed by atoms with Crippen molar-refractivity contribution in [2.45, 2.75) is 37.9 Å². The van der Waals surface area contributed by atoms with Gasteiger partial charge in [-0.15, -0.1) is 12.3 Å². The molecule has 0 rings (SSSR count). The van der Waals surface area contributed by atoms with Crippen molar-refractivity contribution in [1.29, 1.82) is 0 Å². The third kappa shape index (κ3) is 4.11. The van der Waals surface area contributed by atoms with Crippen molar-refractivity contribution >= 4 is 5.91 Å². The highest BCUT2D eigenvalue weighted by Crippen LogP contribution is 2.27. The molecule has 0 bridgehead atoms. The van der Waals surface area contributed by atoms with Crippen LogP contribution in [0.2, 0.25) is 0 Å². The van der Waals surface area contributed by atoms with E-state index in [-0.39, 0.29) is 6.54 Å². The smallest absolute Gasteiger partial charge is 0.354 e. The first-order chi connectivity index (χ1) is 7.23. The summed E-state index contributed by atoms with van der Waals surface area (Å²) in [6, 6.07) is 0. The summed E-state index contributed by atoms with van der Waals surface area (Å²) < 4.78 is 36.9. The van der Waals surface area contributed by atoms with Crippen LogP contribution in [0, 0.1) is 12.3 Å². The van der Waals surface area contributed by atoms with Crippen molar-refractivity contribution in [1.82, 2.24) is 5.32 Å². The van der Waals surface area contributed by atoms with E-state index in [1.54, 1.807) is 0 Å². The molecule has 3 nitrogen and oxygen atoms in total. The Morgan fingerprint density at radius 3 is 2.44 bits per heavy atom. The number of amides is 1. The van der Waals surface area contributed by atoms with Crippen LogP contribution in [-0.4, -0.2) is 24.2 Å². The summed E-state index contributed by atoms with van der Waals surface area (Å²) in [4.78, 5) is 11.1. The van der Waals surface area contributed by atoms with E-state index in [0.717, 1.165) is 0 Å². The standard InChI is InChI=1S/C10H15F3N2O/c1-3-4-5-6-7-15-8(16)9(2,14)10(11,12)13/h1H,4-7,14H2,2H3,(H,15,16). The fourth-order valence-electron chi connectivity index (χ4n) is 0.866. The van der Waals surface area contributed by atoms with E-state index >= 15 is 0 Å². The van der Waals surface area contributed by atoms with Gasteiger partial charge in [0, 0.05) is 13.0 Å². The lowest BCUT2D eigenvalue weighted by Gasteiger charge is -2.26. The average Bonchev–Trinajstić information content (AvgIpc) is 2.15. The molecule has 0 aliphatic rings. The lowest BCUT2D eigenvalue weighted by Crippen LogP contribution is -2.61. The minimum atomic E-state index is -4.75. The normalized spacial score (nSPS) is 15.0. The van der Waals surface area contributed by atoms with E-state index in [0.29, 0.717) is 26.2 Å². The number of carbonyl (C=O) groups is 1. The minimum Gasteiger partial charge on any atom is -0.354 e. The SMILES string of the molecule is C#CCCCCNC(=O)C(C)(N)C(F)(F)F. The monoisotopic (exact) mass is 236 g/mol. The number of alkyl halides is 3. The molecule has 0 saturated heterocycles. The zero-order valence-corrected chi connectivity index (χ0v) is 9.03. The van der Waals surface area contributed by atoms with Crippen LogP contribution < -0.4 is 11.1 Å². The van der Waals surface area contributed by atoms with Gasteiger partial charge in [-0.1, -0.05) is 0 Å². The largest absolute Gasteiger partial charge is 0.415 e. The number of carbonyl (C=O) groups excluding carboxylic acids is 1. The Morgan fingerprint density at radius 1 is 1.44 bits per heavy atom. The van der Waals surface area contributed by atoms with Crippen molar-refractivity contribution in [2.24, 2.45) is 5.73 Å². The third-order valence-corrected chi connectivity index (χ3v) is 2.09. The first-order valence-corrected chi connectivity index (χ1v) is 4.81. The maximum atomic E-state index is 12.3. The van der Waals surface area contributed by atoms with E-state index in [2.05, 4.69) is 11.2 Å². The van der Waals surface area contributed by atoms with Crippen LogP contribution in [0.4, 0.5) is 13.2 Å². The third-order valence-electron chi connectivity index (χ3n) is 2.09. The van der Waals surface area contributed by atoms with Crippen LogP contribution in [0.1, 0.15) is 26.2 Å². The molecule has 6 heteroatoms. The Labute approximate surface area is 92.6 Å². The zero-order chi connectivity index (χ0) is 12.8. The van der Waals surface area contributed by atoms with Crippen molar-refractivity contribution in [3.63, 3.8) is 0 Å². The molecule has 0 aliphatic heterocycles. The molecule has 1 atom stereocenters. The van der Waals surface area contributed by atoms with Crippen molar-refractivity contribution < 1.29 is 18.0 Å². The zero-order valence-electron chi connectivity index (χ0n) is 9.03. The van der Waals surface area contributed by atoms with Crippen molar-refractivity contribution in [2.75, 3.05) is 6.54 Å². The number of unbranched alkanes of at least 4 members (excludes halogenated alkanes) is 2. The summed E-state index contributed by atoms with van der Waals surface area (Å²) >= 11 is 0. The molecular formula is C10H15F3N2O. The maximum absolute atomic E-state index is 12.3. The van der Waals surface area contributed by atoms with Gasteiger partial charge in [0.2, 0.25) is 5.91 Å². The lowest BCUT2D eigenvalue weighted by molar-refractivity contribution is -0.187. The maximum Gasteiger partial charge on any atom is 0.415 e. The Balaban J connectivity index is 4.03. The molecule has 0 fully saturated rings. The minimum absolute atomic E-state index is 0.142. The second-order valence-corrected chi connectivity index (χ2v) is 3.62. The van der Waals surface area contributed by atoms with Crippen LogP contribution in [0.5, 0.6) is 0 Å². The van der Waals surface area contributed by atoms with Gasteiger partial charge in [-0.05, 0) is 19.8 Å². The first-order valence-electron chi connectivity index (χ1n) is 4.81. The van der Waals surface area contributed by atoms with Gasteiger partial charge in [-0.3, -0.25) is 4.79 Å². The van der Waals surface area contributed by atoms with Gasteiger partial charge >= 0.3 is 6.18 Å². The molecule has 0 aliphatic carbocycles. The number of hydrogen-bond acceptors (Lipinski definition) is 2. The van der Waals surface area contributed by atoms with E-state index in [4.69, 9.17) is 12.2 Å². The topological polar surface area (TPSA) is 55.1 Å². The van der Waals surface area contributed by atoms with E-state index in [1.165, 1.54) is 0 Å². The molecular weight excluding hydrogens is 221 g/mol. The Bertz CT molecular complexity index is 279. The molecule has 3 N–H and O–H groups in total. The highest BCUT2D eigenvalue weighted by Gasteiger charge is 2.53. The van der Waals surface area contributed by atoms with Gasteiger partial charge in [-0.2, -0.15) is 13.2 Å². The van der Waals surface area contributed by atoms with Gasteiger partial charge in [0.1, 0.15) is 0 Å². The van der Waals surface area contributed by atoms with Gasteiger partial charge in [-0.25, -0.2) is 0 Å². The molecule has 1 unspecified atom stereocenters. The van der Waals surface area contributed by atoms with Crippen molar-refractivity contribution in [3.8, 4) is 12.3 Å². The van der Waals surface area contributed by atoms with Gasteiger partial charge in [0.05, 0.1) is 0 Å². The average molecular weight is 236 g/mol. The number of nitrogens with one attached hydrogen (secondary N) is 1. The van der Waals surface area contributed by atoms with Crippen LogP contribution >= 0.6 is 0 Å². The number of rotatable bonds is 5. The van der Waals surface area contributed by atoms with E-state index < -0.39 is 17.6 Å². The second-order valence-electron chi connectivity index (χ2n) is 3.62. The van der Waals surface area contributed by atoms with Crippen molar-refractivity contribution in [3.05, 3.63) is 0 Å². The number of terminal acetylenes is 1. The molecule has 0 aromatic carbocycles. The molecule has 16 heavy (non-hydrogen) atoms. The quantitative estimate of drug-likeness (QED) is 0.556. The number of hydrogen-bond donors (Lipinski definition) is 2. The summed E-state index contributed by atoms with van der Waals surface area (Å²) in [5.74, 6) is 1.17. The molecule has 0 saturated carbocycles. The Hall–Kier alpha value is -1.22. The Morgan fingerprint density at radius 2 is 2.00 bits per heavy atom. The second kappa shape index (κ2) is 5.75. The molecule has 0 aromatic rings. The predicted molar refractivity (Wildman–Crippen MR) is 54.3 cm³/mol. The summed E-state index contributed by atoms with van der Waals surface area (Å²) in [5, 5.41) is 2.14. The van der Waals surface area contributed by atoms with E-state index in [9.17, 15) is 18.0 Å². The summed E-state index contributed by atoms with van der Waals surface area (Å²) in [7, 11) is 0. The summed E-state index contributed by atoms with van der Waals surface area (Å²) in [5.41, 5.74) is 2.06. The highest BCUT2D eigenvalue weighted by atomic mass is 19.4. The number of nitrogens with two attached hydrogens (primary N) is 1. The Kier molecular flexibility index (Phi) is 5.31.